The third kappa shape index (κ3) is 3.05. The molecular weight excluding hydrogens is 371 g/mol. The number of methoxy groups -OCH3 is 1. The summed E-state index contributed by atoms with van der Waals surface area (Å²) < 4.78 is 52.2. The first-order chi connectivity index (χ1) is 12.7. The third-order valence-corrected chi connectivity index (χ3v) is 4.25. The van der Waals surface area contributed by atoms with Gasteiger partial charge in [-0.1, -0.05) is 17.2 Å². The van der Waals surface area contributed by atoms with E-state index < -0.39 is 35.8 Å². The first kappa shape index (κ1) is 18.9. The molecule has 0 bridgehead atoms. The highest BCUT2D eigenvalue weighted by atomic mass is 19.4. The molecular formula is C15H16F3N5O4. The zero-order chi connectivity index (χ0) is 19.8. The average molecular weight is 387 g/mol. The lowest BCUT2D eigenvalue weighted by molar-refractivity contribution is -0.274. The van der Waals surface area contributed by atoms with Gasteiger partial charge in [0.2, 0.25) is 5.95 Å². The maximum absolute atomic E-state index is 13.8. The monoisotopic (exact) mass is 387 g/mol. The minimum atomic E-state index is -5.22. The Hall–Kier alpha value is -2.89. The molecule has 0 aliphatic carbocycles. The molecule has 9 nitrogen and oxygen atoms in total. The van der Waals surface area contributed by atoms with Gasteiger partial charge in [-0.05, 0) is 35.0 Å². The molecule has 0 amide bonds. The SMILES string of the molecule is CCOC(=O)[C@@H]1[C@@H](c2ccc(OC)cc2)n2nnnc2N[C@@]1(O)C(F)(F)F. The van der Waals surface area contributed by atoms with E-state index in [2.05, 4.69) is 15.5 Å². The first-order valence-electron chi connectivity index (χ1n) is 7.88. The number of carbonyl (C=O) groups is 1. The van der Waals surface area contributed by atoms with Crippen molar-refractivity contribution in [3.63, 3.8) is 0 Å². The van der Waals surface area contributed by atoms with Crippen molar-refractivity contribution in [1.29, 1.82) is 0 Å². The van der Waals surface area contributed by atoms with Gasteiger partial charge in [-0.3, -0.25) is 4.79 Å². The van der Waals surface area contributed by atoms with E-state index >= 15 is 0 Å². The predicted octanol–water partition coefficient (Wildman–Crippen LogP) is 1.13. The molecule has 0 spiro atoms. The van der Waals surface area contributed by atoms with E-state index in [0.29, 0.717) is 5.75 Å². The summed E-state index contributed by atoms with van der Waals surface area (Å²) in [5.74, 6) is -3.31. The molecule has 1 aliphatic heterocycles. The second kappa shape index (κ2) is 6.68. The molecule has 0 fully saturated rings. The summed E-state index contributed by atoms with van der Waals surface area (Å²) in [6.07, 6.45) is -5.22. The molecule has 3 rings (SSSR count). The molecule has 12 heteroatoms. The van der Waals surface area contributed by atoms with E-state index in [9.17, 15) is 23.1 Å². The zero-order valence-corrected chi connectivity index (χ0v) is 14.3. The number of rotatable bonds is 4. The molecule has 0 radical (unpaired) electrons. The number of anilines is 1. The maximum Gasteiger partial charge on any atom is 0.437 e. The van der Waals surface area contributed by atoms with Crippen LogP contribution in [0.3, 0.4) is 0 Å². The van der Waals surface area contributed by atoms with Crippen molar-refractivity contribution in [3.05, 3.63) is 29.8 Å². The molecule has 27 heavy (non-hydrogen) atoms. The lowest BCUT2D eigenvalue weighted by Crippen LogP contribution is -2.64. The Kier molecular flexibility index (Phi) is 4.68. The average Bonchev–Trinajstić information content (AvgIpc) is 3.07. The van der Waals surface area contributed by atoms with E-state index in [-0.39, 0.29) is 12.2 Å². The Bertz CT molecular complexity index is 826. The van der Waals surface area contributed by atoms with Crippen molar-refractivity contribution >= 4 is 11.9 Å². The standard InChI is InChI=1S/C15H16F3N5O4/c1-3-27-12(24)10-11(8-4-6-9(26-2)7-5-8)23-13(20-21-22-23)19-14(10,25)15(16,17)18/h4-7,10-11,25H,3H2,1-2H3,(H,19,20,22)/t10-,11+,14-/m0/s1. The number of alkyl halides is 3. The van der Waals surface area contributed by atoms with Gasteiger partial charge >= 0.3 is 12.1 Å². The summed E-state index contributed by atoms with van der Waals surface area (Å²) in [4.78, 5) is 12.5. The minimum absolute atomic E-state index is 0.166. The molecule has 1 aromatic heterocycles. The number of ether oxygens (including phenoxy) is 2. The number of aliphatic hydroxyl groups is 1. The van der Waals surface area contributed by atoms with Crippen molar-refractivity contribution in [2.45, 2.75) is 24.9 Å². The van der Waals surface area contributed by atoms with Gasteiger partial charge in [-0.25, -0.2) is 4.68 Å². The molecule has 0 saturated heterocycles. The summed E-state index contributed by atoms with van der Waals surface area (Å²) >= 11 is 0. The number of hydrogen-bond donors (Lipinski definition) is 2. The lowest BCUT2D eigenvalue weighted by atomic mass is 9.82. The van der Waals surface area contributed by atoms with Crippen LogP contribution in [-0.2, 0) is 9.53 Å². The Labute approximate surface area is 151 Å². The Morgan fingerprint density at radius 3 is 2.59 bits per heavy atom. The number of esters is 1. The van der Waals surface area contributed by atoms with Crippen molar-refractivity contribution in [2.75, 3.05) is 19.0 Å². The number of tetrazole rings is 1. The molecule has 0 saturated carbocycles. The van der Waals surface area contributed by atoms with Crippen molar-refractivity contribution in [2.24, 2.45) is 5.92 Å². The normalized spacial score (nSPS) is 24.7. The van der Waals surface area contributed by atoms with Crippen molar-refractivity contribution < 1.29 is 32.5 Å². The molecule has 2 heterocycles. The number of aromatic nitrogens is 4. The fourth-order valence-electron chi connectivity index (χ4n) is 2.99. The highest BCUT2D eigenvalue weighted by Gasteiger charge is 2.67. The number of carbonyl (C=O) groups excluding carboxylic acids is 1. The van der Waals surface area contributed by atoms with E-state index in [1.54, 1.807) is 0 Å². The Balaban J connectivity index is 2.20. The highest BCUT2D eigenvalue weighted by molar-refractivity contribution is 5.77. The summed E-state index contributed by atoms with van der Waals surface area (Å²) in [6.45, 7) is 1.28. The number of fused-ring (bicyclic) bond motifs is 1. The molecule has 1 aliphatic rings. The van der Waals surface area contributed by atoms with Crippen LogP contribution in [0.1, 0.15) is 18.5 Å². The number of nitrogens with one attached hydrogen (secondary N) is 1. The third-order valence-electron chi connectivity index (χ3n) is 4.25. The molecule has 2 aromatic rings. The summed E-state index contributed by atoms with van der Waals surface area (Å²) in [5.41, 5.74) is -3.37. The lowest BCUT2D eigenvalue weighted by Gasteiger charge is -2.43. The van der Waals surface area contributed by atoms with Gasteiger partial charge in [0.05, 0.1) is 13.7 Å². The van der Waals surface area contributed by atoms with Crippen LogP contribution in [0.2, 0.25) is 0 Å². The largest absolute Gasteiger partial charge is 0.497 e. The van der Waals surface area contributed by atoms with Gasteiger partial charge in [-0.2, -0.15) is 13.2 Å². The van der Waals surface area contributed by atoms with E-state index in [0.717, 1.165) is 4.68 Å². The first-order valence-corrected chi connectivity index (χ1v) is 7.88. The van der Waals surface area contributed by atoms with Crippen molar-refractivity contribution in [1.82, 2.24) is 20.2 Å². The molecule has 146 valence electrons. The quantitative estimate of drug-likeness (QED) is 0.751. The van der Waals surface area contributed by atoms with Crippen LogP contribution in [0.15, 0.2) is 24.3 Å². The second-order valence-electron chi connectivity index (χ2n) is 5.78. The molecule has 3 atom stereocenters. The maximum atomic E-state index is 13.8. The second-order valence-corrected chi connectivity index (χ2v) is 5.78. The van der Waals surface area contributed by atoms with E-state index in [1.807, 2.05) is 5.32 Å². The van der Waals surface area contributed by atoms with Crippen LogP contribution in [-0.4, -0.2) is 56.9 Å². The fourth-order valence-corrected chi connectivity index (χ4v) is 2.99. The van der Waals surface area contributed by atoms with Crippen LogP contribution >= 0.6 is 0 Å². The summed E-state index contributed by atoms with van der Waals surface area (Å²) in [6, 6.07) is 4.58. The van der Waals surface area contributed by atoms with Gasteiger partial charge in [0, 0.05) is 0 Å². The Morgan fingerprint density at radius 2 is 2.04 bits per heavy atom. The van der Waals surface area contributed by atoms with Crippen LogP contribution < -0.4 is 10.1 Å². The number of hydrogen-bond acceptors (Lipinski definition) is 8. The van der Waals surface area contributed by atoms with Gasteiger partial charge in [0.1, 0.15) is 17.7 Å². The van der Waals surface area contributed by atoms with Gasteiger partial charge in [-0.15, -0.1) is 0 Å². The Morgan fingerprint density at radius 1 is 1.37 bits per heavy atom. The minimum Gasteiger partial charge on any atom is -0.497 e. The molecule has 1 aromatic carbocycles. The summed E-state index contributed by atoms with van der Waals surface area (Å²) in [7, 11) is 1.43. The highest BCUT2D eigenvalue weighted by Crippen LogP contribution is 2.47. The fraction of sp³-hybridized carbons (Fsp3) is 0.467. The summed E-state index contributed by atoms with van der Waals surface area (Å²) in [5, 5.41) is 22.8. The predicted molar refractivity (Wildman–Crippen MR) is 83.7 cm³/mol. The number of benzene rings is 1. The van der Waals surface area contributed by atoms with Crippen LogP contribution in [0.4, 0.5) is 19.1 Å². The van der Waals surface area contributed by atoms with Crippen LogP contribution in [0, 0.1) is 5.92 Å². The van der Waals surface area contributed by atoms with Crippen LogP contribution in [0.5, 0.6) is 5.75 Å². The zero-order valence-electron chi connectivity index (χ0n) is 14.3. The van der Waals surface area contributed by atoms with E-state index in [1.165, 1.54) is 38.3 Å². The van der Waals surface area contributed by atoms with Gasteiger partial charge in [0.25, 0.3) is 5.72 Å². The van der Waals surface area contributed by atoms with Crippen molar-refractivity contribution in [3.8, 4) is 5.75 Å². The van der Waals surface area contributed by atoms with Crippen LogP contribution in [0.25, 0.3) is 0 Å². The number of halogens is 3. The van der Waals surface area contributed by atoms with E-state index in [4.69, 9.17) is 9.47 Å². The van der Waals surface area contributed by atoms with Gasteiger partial charge in [0.15, 0.2) is 0 Å². The topological polar surface area (TPSA) is 111 Å². The molecule has 2 N–H and O–H groups in total. The number of nitrogens with zero attached hydrogens (tertiary/aromatic N) is 4. The van der Waals surface area contributed by atoms with Gasteiger partial charge < -0.3 is 19.9 Å². The smallest absolute Gasteiger partial charge is 0.437 e. The molecule has 0 unspecified atom stereocenters.